The van der Waals surface area contributed by atoms with Gasteiger partial charge < -0.3 is 10.2 Å². The van der Waals surface area contributed by atoms with Crippen molar-refractivity contribution >= 4 is 34.0 Å². The maximum Gasteiger partial charge on any atom is 0.227 e. The minimum atomic E-state index is -0.0851. The molecule has 2 atom stereocenters. The monoisotopic (exact) mass is 420 g/mol. The van der Waals surface area contributed by atoms with Crippen LogP contribution < -0.4 is 10.2 Å². The minimum absolute atomic E-state index is 0.0106. The van der Waals surface area contributed by atoms with Gasteiger partial charge in [0.15, 0.2) is 0 Å². The van der Waals surface area contributed by atoms with Crippen LogP contribution in [-0.4, -0.2) is 28.6 Å². The van der Waals surface area contributed by atoms with Crippen molar-refractivity contribution in [3.63, 3.8) is 0 Å². The summed E-state index contributed by atoms with van der Waals surface area (Å²) in [5.41, 5.74) is 3.15. The van der Waals surface area contributed by atoms with Crippen LogP contribution in [0.4, 0.5) is 10.8 Å². The lowest BCUT2D eigenvalue weighted by Crippen LogP contribution is -2.25. The van der Waals surface area contributed by atoms with Gasteiger partial charge in [-0.15, -0.1) is 10.2 Å². The Morgan fingerprint density at radius 1 is 1.17 bits per heavy atom. The second kappa shape index (κ2) is 8.75. The summed E-state index contributed by atoms with van der Waals surface area (Å²) in [5, 5.41) is 12.5. The number of hydrogen-bond acceptors (Lipinski definition) is 5. The summed E-state index contributed by atoms with van der Waals surface area (Å²) < 4.78 is 0. The SMILES string of the molecule is Cc1ccccc1N1CC(c2nnc(NC(=O)CC(C)c3ccccc3)s2)CC1=O. The van der Waals surface area contributed by atoms with Crippen molar-refractivity contribution in [3.8, 4) is 0 Å². The second-order valence-electron chi connectivity index (χ2n) is 7.70. The van der Waals surface area contributed by atoms with Gasteiger partial charge in [-0.25, -0.2) is 0 Å². The summed E-state index contributed by atoms with van der Waals surface area (Å²) in [5.74, 6) is 0.113. The zero-order chi connectivity index (χ0) is 21.1. The molecule has 4 rings (SSSR count). The number of carbonyl (C=O) groups is 2. The van der Waals surface area contributed by atoms with Crippen LogP contribution in [-0.2, 0) is 9.59 Å². The van der Waals surface area contributed by atoms with Gasteiger partial charge in [0, 0.05) is 31.0 Å². The van der Waals surface area contributed by atoms with E-state index >= 15 is 0 Å². The predicted octanol–water partition coefficient (Wildman–Crippen LogP) is 4.50. The number of benzene rings is 2. The van der Waals surface area contributed by atoms with Crippen LogP contribution in [0, 0.1) is 6.92 Å². The van der Waals surface area contributed by atoms with Crippen molar-refractivity contribution < 1.29 is 9.59 Å². The third kappa shape index (κ3) is 4.41. The van der Waals surface area contributed by atoms with Gasteiger partial charge in [0.25, 0.3) is 0 Å². The number of carbonyl (C=O) groups excluding carboxylic acids is 2. The molecule has 7 heteroatoms. The third-order valence-electron chi connectivity index (χ3n) is 5.43. The molecule has 2 heterocycles. The first-order chi connectivity index (χ1) is 14.5. The molecule has 1 aromatic heterocycles. The van der Waals surface area contributed by atoms with Gasteiger partial charge in [-0.05, 0) is 30.0 Å². The number of aromatic nitrogens is 2. The summed E-state index contributed by atoms with van der Waals surface area (Å²) in [6.07, 6.45) is 0.782. The van der Waals surface area contributed by atoms with E-state index in [4.69, 9.17) is 0 Å². The second-order valence-corrected chi connectivity index (χ2v) is 8.71. The van der Waals surface area contributed by atoms with E-state index in [1.807, 2.05) is 73.3 Å². The van der Waals surface area contributed by atoms with Crippen molar-refractivity contribution in [3.05, 3.63) is 70.7 Å². The Morgan fingerprint density at radius 3 is 2.67 bits per heavy atom. The van der Waals surface area contributed by atoms with Gasteiger partial charge >= 0.3 is 0 Å². The van der Waals surface area contributed by atoms with Crippen LogP contribution in [0.3, 0.4) is 0 Å². The molecule has 1 aliphatic rings. The van der Waals surface area contributed by atoms with Crippen LogP contribution in [0.15, 0.2) is 54.6 Å². The Labute approximate surface area is 180 Å². The third-order valence-corrected chi connectivity index (χ3v) is 6.43. The number of nitrogens with one attached hydrogen (secondary N) is 1. The molecule has 1 fully saturated rings. The average Bonchev–Trinajstić information content (AvgIpc) is 3.35. The first-order valence-corrected chi connectivity index (χ1v) is 10.9. The molecule has 2 amide bonds. The van der Waals surface area contributed by atoms with Gasteiger partial charge in [-0.2, -0.15) is 0 Å². The predicted molar refractivity (Wildman–Crippen MR) is 119 cm³/mol. The first kappa shape index (κ1) is 20.2. The molecule has 0 spiro atoms. The maximum atomic E-state index is 12.6. The van der Waals surface area contributed by atoms with Crippen molar-refractivity contribution in [1.29, 1.82) is 0 Å². The van der Waals surface area contributed by atoms with E-state index in [1.54, 1.807) is 0 Å². The quantitative estimate of drug-likeness (QED) is 0.637. The summed E-state index contributed by atoms with van der Waals surface area (Å²) in [6.45, 7) is 4.62. The molecular formula is C23H24N4O2S. The summed E-state index contributed by atoms with van der Waals surface area (Å²) in [7, 11) is 0. The Morgan fingerprint density at radius 2 is 1.90 bits per heavy atom. The number of hydrogen-bond donors (Lipinski definition) is 1. The first-order valence-electron chi connectivity index (χ1n) is 10.1. The van der Waals surface area contributed by atoms with E-state index in [2.05, 4.69) is 15.5 Å². The number of amides is 2. The van der Waals surface area contributed by atoms with E-state index in [1.165, 1.54) is 11.3 Å². The summed E-state index contributed by atoms with van der Waals surface area (Å²) >= 11 is 1.35. The molecule has 2 aromatic carbocycles. The topological polar surface area (TPSA) is 75.2 Å². The zero-order valence-corrected chi connectivity index (χ0v) is 17.9. The highest BCUT2D eigenvalue weighted by Crippen LogP contribution is 2.35. The normalized spacial score (nSPS) is 17.2. The highest BCUT2D eigenvalue weighted by Gasteiger charge is 2.34. The fraction of sp³-hybridized carbons (Fsp3) is 0.304. The lowest BCUT2D eigenvalue weighted by molar-refractivity contribution is -0.117. The lowest BCUT2D eigenvalue weighted by atomic mass is 9.98. The number of rotatable bonds is 6. The van der Waals surface area contributed by atoms with E-state index < -0.39 is 0 Å². The lowest BCUT2D eigenvalue weighted by Gasteiger charge is -2.18. The van der Waals surface area contributed by atoms with Crippen molar-refractivity contribution in [2.75, 3.05) is 16.8 Å². The number of aryl methyl sites for hydroxylation is 1. The van der Waals surface area contributed by atoms with E-state index in [0.717, 1.165) is 21.8 Å². The molecule has 6 nitrogen and oxygen atoms in total. The standard InChI is InChI=1S/C23H24N4O2S/c1-15-8-6-7-11-19(15)27-14-18(13-21(27)29)22-25-26-23(30-22)24-20(28)12-16(2)17-9-4-3-5-10-17/h3-11,16,18H,12-14H2,1-2H3,(H,24,26,28). The van der Waals surface area contributed by atoms with E-state index in [9.17, 15) is 9.59 Å². The fourth-order valence-corrected chi connectivity index (χ4v) is 4.62. The Kier molecular flexibility index (Phi) is 5.90. The highest BCUT2D eigenvalue weighted by molar-refractivity contribution is 7.15. The molecule has 154 valence electrons. The molecule has 0 radical (unpaired) electrons. The van der Waals surface area contributed by atoms with Crippen LogP contribution >= 0.6 is 11.3 Å². The smallest absolute Gasteiger partial charge is 0.227 e. The largest absolute Gasteiger partial charge is 0.311 e. The molecule has 1 saturated heterocycles. The number of anilines is 2. The molecule has 1 N–H and O–H groups in total. The van der Waals surface area contributed by atoms with Crippen molar-refractivity contribution in [2.24, 2.45) is 0 Å². The minimum Gasteiger partial charge on any atom is -0.311 e. The van der Waals surface area contributed by atoms with Gasteiger partial charge in [-0.3, -0.25) is 9.59 Å². The molecule has 0 bridgehead atoms. The van der Waals surface area contributed by atoms with E-state index in [0.29, 0.717) is 24.5 Å². The molecule has 0 saturated carbocycles. The van der Waals surface area contributed by atoms with Crippen LogP contribution in [0.2, 0.25) is 0 Å². The van der Waals surface area contributed by atoms with Crippen LogP contribution in [0.5, 0.6) is 0 Å². The molecule has 3 aromatic rings. The number of nitrogens with zero attached hydrogens (tertiary/aromatic N) is 3. The van der Waals surface area contributed by atoms with Gasteiger partial charge in [0.1, 0.15) is 5.01 Å². The van der Waals surface area contributed by atoms with Crippen molar-refractivity contribution in [1.82, 2.24) is 10.2 Å². The zero-order valence-electron chi connectivity index (χ0n) is 17.0. The molecular weight excluding hydrogens is 396 g/mol. The van der Waals surface area contributed by atoms with Gasteiger partial charge in [0.2, 0.25) is 16.9 Å². The molecule has 2 unspecified atom stereocenters. The Bertz CT molecular complexity index is 1050. The summed E-state index contributed by atoms with van der Waals surface area (Å²) in [4.78, 5) is 26.8. The van der Waals surface area contributed by atoms with Gasteiger partial charge in [-0.1, -0.05) is 66.8 Å². The maximum absolute atomic E-state index is 12.6. The molecule has 0 aliphatic carbocycles. The highest BCUT2D eigenvalue weighted by atomic mass is 32.1. The Hall–Kier alpha value is -3.06. The summed E-state index contributed by atoms with van der Waals surface area (Å²) in [6, 6.07) is 17.9. The van der Waals surface area contributed by atoms with E-state index in [-0.39, 0.29) is 23.7 Å². The van der Waals surface area contributed by atoms with Crippen LogP contribution in [0.25, 0.3) is 0 Å². The average molecular weight is 421 g/mol. The van der Waals surface area contributed by atoms with Gasteiger partial charge in [0.05, 0.1) is 0 Å². The van der Waals surface area contributed by atoms with Crippen molar-refractivity contribution in [2.45, 2.75) is 38.5 Å². The fourth-order valence-electron chi connectivity index (χ4n) is 3.77. The van der Waals surface area contributed by atoms with Crippen LogP contribution in [0.1, 0.15) is 47.7 Å². The molecule has 1 aliphatic heterocycles. The number of para-hydroxylation sites is 1. The Balaban J connectivity index is 1.38. The molecule has 30 heavy (non-hydrogen) atoms.